The maximum atomic E-state index is 12.3. The number of aromatic amines is 1. The molecule has 7 nitrogen and oxygen atoms in total. The Morgan fingerprint density at radius 3 is 3.00 bits per heavy atom. The number of H-pyrrole nitrogens is 1. The van der Waals surface area contributed by atoms with Crippen molar-refractivity contribution in [3.05, 3.63) is 30.1 Å². The molecular formula is C14H16N6OS. The molecule has 0 saturated heterocycles. The van der Waals surface area contributed by atoms with E-state index in [0.29, 0.717) is 5.82 Å². The van der Waals surface area contributed by atoms with Gasteiger partial charge in [-0.25, -0.2) is 9.67 Å². The Labute approximate surface area is 131 Å². The number of carbonyl (C=O) groups excluding carboxylic acids is 1. The highest BCUT2D eigenvalue weighted by atomic mass is 32.2. The number of rotatable bonds is 4. The fourth-order valence-corrected chi connectivity index (χ4v) is 3.01. The van der Waals surface area contributed by atoms with Crippen LogP contribution in [0, 0.1) is 6.92 Å². The topological polar surface area (TPSA) is 88.5 Å². The van der Waals surface area contributed by atoms with E-state index in [-0.39, 0.29) is 11.2 Å². The predicted octanol–water partition coefficient (Wildman–Crippen LogP) is 2.12. The molecule has 1 atom stereocenters. The van der Waals surface area contributed by atoms with Gasteiger partial charge in [-0.3, -0.25) is 9.89 Å². The summed E-state index contributed by atoms with van der Waals surface area (Å²) >= 11 is 1.41. The molecule has 1 amide bonds. The summed E-state index contributed by atoms with van der Waals surface area (Å²) in [4.78, 5) is 16.6. The highest BCUT2D eigenvalue weighted by Crippen LogP contribution is 2.25. The number of aromatic nitrogens is 5. The number of aryl methyl sites for hydroxylation is 2. The number of pyridine rings is 1. The molecule has 0 fully saturated rings. The third kappa shape index (κ3) is 2.69. The van der Waals surface area contributed by atoms with Crippen molar-refractivity contribution in [3.8, 4) is 0 Å². The van der Waals surface area contributed by atoms with Gasteiger partial charge in [0.05, 0.1) is 21.4 Å². The van der Waals surface area contributed by atoms with Gasteiger partial charge >= 0.3 is 0 Å². The quantitative estimate of drug-likeness (QED) is 0.720. The van der Waals surface area contributed by atoms with Crippen LogP contribution in [0.1, 0.15) is 12.6 Å². The van der Waals surface area contributed by atoms with Gasteiger partial charge < -0.3 is 5.32 Å². The zero-order valence-corrected chi connectivity index (χ0v) is 13.3. The Balaban J connectivity index is 1.75. The molecule has 0 spiro atoms. The van der Waals surface area contributed by atoms with Crippen LogP contribution in [0.2, 0.25) is 0 Å². The first-order valence-electron chi connectivity index (χ1n) is 6.82. The highest BCUT2D eigenvalue weighted by molar-refractivity contribution is 8.00. The van der Waals surface area contributed by atoms with Crippen molar-refractivity contribution < 1.29 is 4.79 Å². The Bertz CT molecular complexity index is 809. The average Bonchev–Trinajstić information content (AvgIpc) is 3.03. The van der Waals surface area contributed by atoms with Gasteiger partial charge in [0.25, 0.3) is 0 Å². The standard InChI is InChI=1S/C14H16N6OS/c1-8-11-12(17-18-13(11)20(3)19-8)16-14(21)9(2)22-10-6-4-5-7-15-10/h4-7,9H,1-3H3,(H2,16,17,18,21)/t9-/m1/s1. The van der Waals surface area contributed by atoms with Crippen molar-refractivity contribution in [3.63, 3.8) is 0 Å². The molecule has 8 heteroatoms. The first-order valence-corrected chi connectivity index (χ1v) is 7.70. The van der Waals surface area contributed by atoms with Crippen molar-refractivity contribution in [1.29, 1.82) is 0 Å². The van der Waals surface area contributed by atoms with E-state index < -0.39 is 0 Å². The molecule has 0 aliphatic heterocycles. The smallest absolute Gasteiger partial charge is 0.238 e. The Kier molecular flexibility index (Phi) is 3.84. The van der Waals surface area contributed by atoms with Crippen LogP contribution >= 0.6 is 11.8 Å². The van der Waals surface area contributed by atoms with Crippen LogP contribution in [-0.2, 0) is 11.8 Å². The van der Waals surface area contributed by atoms with Crippen molar-refractivity contribution in [2.45, 2.75) is 24.1 Å². The van der Waals surface area contributed by atoms with Gasteiger partial charge in [-0.1, -0.05) is 17.8 Å². The lowest BCUT2D eigenvalue weighted by molar-refractivity contribution is -0.115. The molecule has 0 aliphatic rings. The number of nitrogens with one attached hydrogen (secondary N) is 2. The zero-order chi connectivity index (χ0) is 15.7. The molecule has 3 aromatic rings. The van der Waals surface area contributed by atoms with Gasteiger partial charge in [-0.05, 0) is 26.0 Å². The summed E-state index contributed by atoms with van der Waals surface area (Å²) < 4.78 is 1.68. The van der Waals surface area contributed by atoms with Crippen molar-refractivity contribution in [1.82, 2.24) is 25.0 Å². The summed E-state index contributed by atoms with van der Waals surface area (Å²) in [5, 5.41) is 15.6. The van der Waals surface area contributed by atoms with E-state index in [1.54, 1.807) is 10.9 Å². The van der Waals surface area contributed by atoms with Gasteiger partial charge in [-0.2, -0.15) is 10.2 Å². The summed E-state index contributed by atoms with van der Waals surface area (Å²) in [6.45, 7) is 3.73. The fourth-order valence-electron chi connectivity index (χ4n) is 2.20. The molecule has 0 radical (unpaired) electrons. The molecule has 3 heterocycles. The van der Waals surface area contributed by atoms with E-state index in [4.69, 9.17) is 0 Å². The van der Waals surface area contributed by atoms with E-state index in [0.717, 1.165) is 21.8 Å². The van der Waals surface area contributed by atoms with E-state index in [2.05, 4.69) is 25.6 Å². The Morgan fingerprint density at radius 2 is 2.27 bits per heavy atom. The summed E-state index contributed by atoms with van der Waals surface area (Å²) in [6.07, 6.45) is 1.71. The second-order valence-corrected chi connectivity index (χ2v) is 6.28. The predicted molar refractivity (Wildman–Crippen MR) is 85.8 cm³/mol. The monoisotopic (exact) mass is 316 g/mol. The molecule has 114 valence electrons. The van der Waals surface area contributed by atoms with Gasteiger partial charge in [0.15, 0.2) is 5.65 Å². The summed E-state index contributed by atoms with van der Waals surface area (Å²) in [5.74, 6) is 0.475. The average molecular weight is 316 g/mol. The number of carbonyl (C=O) groups is 1. The SMILES string of the molecule is Cc1nn(C)c2n[nH]c(NC(=O)[C@@H](C)Sc3ccccn3)c12. The van der Waals surface area contributed by atoms with Crippen molar-refractivity contribution in [2.24, 2.45) is 7.05 Å². The maximum Gasteiger partial charge on any atom is 0.238 e. The van der Waals surface area contributed by atoms with E-state index >= 15 is 0 Å². The van der Waals surface area contributed by atoms with E-state index in [1.807, 2.05) is 39.1 Å². The molecule has 3 rings (SSSR count). The maximum absolute atomic E-state index is 12.3. The lowest BCUT2D eigenvalue weighted by Gasteiger charge is -2.10. The minimum absolute atomic E-state index is 0.107. The van der Waals surface area contributed by atoms with Gasteiger partial charge in [0, 0.05) is 13.2 Å². The number of amides is 1. The molecule has 0 unspecified atom stereocenters. The zero-order valence-electron chi connectivity index (χ0n) is 12.5. The lowest BCUT2D eigenvalue weighted by Crippen LogP contribution is -2.22. The third-order valence-corrected chi connectivity index (χ3v) is 4.32. The number of fused-ring (bicyclic) bond motifs is 1. The first-order chi connectivity index (χ1) is 10.6. The molecular weight excluding hydrogens is 300 g/mol. The molecule has 0 bridgehead atoms. The summed E-state index contributed by atoms with van der Waals surface area (Å²) in [6, 6.07) is 5.63. The number of hydrogen-bond acceptors (Lipinski definition) is 5. The van der Waals surface area contributed by atoms with Crippen molar-refractivity contribution in [2.75, 3.05) is 5.32 Å². The van der Waals surface area contributed by atoms with Crippen LogP contribution < -0.4 is 5.32 Å². The van der Waals surface area contributed by atoms with Crippen LogP contribution in [0.5, 0.6) is 0 Å². The van der Waals surface area contributed by atoms with Crippen LogP contribution in [0.15, 0.2) is 29.4 Å². The number of thioether (sulfide) groups is 1. The van der Waals surface area contributed by atoms with Crippen LogP contribution in [0.3, 0.4) is 0 Å². The Hall–Kier alpha value is -2.35. The van der Waals surface area contributed by atoms with Gasteiger partial charge in [0.2, 0.25) is 5.91 Å². The fraction of sp³-hybridized carbons (Fsp3) is 0.286. The summed E-state index contributed by atoms with van der Waals surface area (Å²) in [5.41, 5.74) is 1.55. The minimum Gasteiger partial charge on any atom is -0.309 e. The van der Waals surface area contributed by atoms with Crippen LogP contribution in [0.25, 0.3) is 11.0 Å². The molecule has 2 N–H and O–H groups in total. The van der Waals surface area contributed by atoms with Crippen LogP contribution in [-0.4, -0.2) is 36.1 Å². The highest BCUT2D eigenvalue weighted by Gasteiger charge is 2.19. The molecule has 0 saturated carbocycles. The molecule has 3 aromatic heterocycles. The normalized spacial score (nSPS) is 12.5. The number of anilines is 1. The molecule has 22 heavy (non-hydrogen) atoms. The Morgan fingerprint density at radius 1 is 1.45 bits per heavy atom. The first kappa shape index (κ1) is 14.6. The second kappa shape index (κ2) is 5.80. The molecule has 0 aliphatic carbocycles. The van der Waals surface area contributed by atoms with Gasteiger partial charge in [-0.15, -0.1) is 0 Å². The lowest BCUT2D eigenvalue weighted by atomic mass is 10.3. The largest absolute Gasteiger partial charge is 0.309 e. The number of nitrogens with zero attached hydrogens (tertiary/aromatic N) is 4. The van der Waals surface area contributed by atoms with E-state index in [9.17, 15) is 4.79 Å². The number of hydrogen-bond donors (Lipinski definition) is 2. The second-order valence-electron chi connectivity index (χ2n) is 4.92. The van der Waals surface area contributed by atoms with E-state index in [1.165, 1.54) is 11.8 Å². The summed E-state index contributed by atoms with van der Waals surface area (Å²) in [7, 11) is 1.82. The molecule has 0 aromatic carbocycles. The van der Waals surface area contributed by atoms with Crippen LogP contribution in [0.4, 0.5) is 5.82 Å². The minimum atomic E-state index is -0.273. The van der Waals surface area contributed by atoms with Gasteiger partial charge in [0.1, 0.15) is 5.82 Å². The third-order valence-electron chi connectivity index (χ3n) is 3.27. The van der Waals surface area contributed by atoms with Crippen molar-refractivity contribution >= 4 is 34.5 Å².